The van der Waals surface area contributed by atoms with E-state index in [9.17, 15) is 21.6 Å². The summed E-state index contributed by atoms with van der Waals surface area (Å²) in [5.74, 6) is -1.07. The van der Waals surface area contributed by atoms with Gasteiger partial charge in [0.2, 0.25) is 5.88 Å². The van der Waals surface area contributed by atoms with Crippen LogP contribution in [0.3, 0.4) is 0 Å². The minimum absolute atomic E-state index is 0.00403. The average molecular weight is 402 g/mol. The molecule has 0 aliphatic rings. The van der Waals surface area contributed by atoms with Gasteiger partial charge in [0.25, 0.3) is 9.05 Å². The van der Waals surface area contributed by atoms with Crippen LogP contribution in [0.5, 0.6) is 5.88 Å². The highest BCUT2D eigenvalue weighted by molar-refractivity contribution is 14.1. The third-order valence-corrected chi connectivity index (χ3v) is 4.04. The molecule has 0 aromatic carbocycles. The molecule has 1 aromatic rings. The molecule has 1 heterocycles. The van der Waals surface area contributed by atoms with Crippen LogP contribution < -0.4 is 4.74 Å². The first kappa shape index (κ1) is 14.8. The third kappa shape index (κ3) is 4.14. The van der Waals surface area contributed by atoms with Crippen LogP contribution in [0.25, 0.3) is 0 Å². The molecule has 17 heavy (non-hydrogen) atoms. The number of pyridine rings is 1. The van der Waals surface area contributed by atoms with E-state index in [1.54, 1.807) is 0 Å². The van der Waals surface area contributed by atoms with Crippen molar-refractivity contribution in [1.29, 1.82) is 0 Å². The Bertz CT molecular complexity index is 546. The van der Waals surface area contributed by atoms with Crippen molar-refractivity contribution in [2.24, 2.45) is 0 Å². The molecule has 0 aliphatic carbocycles. The Hall–Kier alpha value is -0.290. The van der Waals surface area contributed by atoms with E-state index in [1.165, 1.54) is 35.6 Å². The van der Waals surface area contributed by atoms with Crippen molar-refractivity contribution in [2.45, 2.75) is 18.2 Å². The van der Waals surface area contributed by atoms with Crippen molar-refractivity contribution >= 4 is 42.3 Å². The first-order chi connectivity index (χ1) is 7.50. The van der Waals surface area contributed by atoms with E-state index in [1.807, 2.05) is 0 Å². The lowest BCUT2D eigenvalue weighted by Gasteiger charge is -2.12. The molecule has 0 spiro atoms. The predicted octanol–water partition coefficient (Wildman–Crippen LogP) is 2.82. The first-order valence-electron chi connectivity index (χ1n) is 3.88. The number of hydrogen-bond acceptors (Lipinski definition) is 4. The fourth-order valence-electron chi connectivity index (χ4n) is 0.994. The summed E-state index contributed by atoms with van der Waals surface area (Å²) >= 11 is 1.54. The molecule has 0 radical (unpaired) electrons. The van der Waals surface area contributed by atoms with E-state index >= 15 is 0 Å². The summed E-state index contributed by atoms with van der Waals surface area (Å²) in [6.07, 6.45) is -5.04. The van der Waals surface area contributed by atoms with Crippen LogP contribution in [0.1, 0.15) is 5.69 Å². The summed E-state index contributed by atoms with van der Waals surface area (Å²) in [5, 5.41) is 0. The highest BCUT2D eigenvalue weighted by Gasteiger charge is 2.35. The zero-order valence-electron chi connectivity index (χ0n) is 8.05. The van der Waals surface area contributed by atoms with Crippen LogP contribution in [-0.2, 0) is 9.05 Å². The van der Waals surface area contributed by atoms with Gasteiger partial charge < -0.3 is 4.74 Å². The molecule has 0 atom stereocenters. The largest absolute Gasteiger partial charge is 0.574 e. The molecular weight excluding hydrogens is 397 g/mol. The molecule has 0 saturated heterocycles. The van der Waals surface area contributed by atoms with Gasteiger partial charge in [0.05, 0.1) is 0 Å². The Morgan fingerprint density at radius 1 is 1.47 bits per heavy atom. The van der Waals surface area contributed by atoms with Crippen molar-refractivity contribution in [3.05, 3.63) is 15.3 Å². The molecule has 96 valence electrons. The summed E-state index contributed by atoms with van der Waals surface area (Å²) in [5.41, 5.74) is 0.178. The van der Waals surface area contributed by atoms with Crippen LogP contribution >= 0.6 is 33.3 Å². The quantitative estimate of drug-likeness (QED) is 0.565. The number of rotatable bonds is 2. The molecule has 0 unspecified atom stereocenters. The molecule has 10 heteroatoms. The number of halogens is 5. The number of alkyl halides is 3. The Morgan fingerprint density at radius 2 is 2.00 bits per heavy atom. The van der Waals surface area contributed by atoms with Crippen molar-refractivity contribution < 1.29 is 26.3 Å². The summed E-state index contributed by atoms with van der Waals surface area (Å²) in [7, 11) is 0.654. The van der Waals surface area contributed by atoms with Crippen LogP contribution in [0.15, 0.2) is 11.0 Å². The second-order valence-electron chi connectivity index (χ2n) is 2.87. The number of ether oxygens (including phenoxy) is 1. The van der Waals surface area contributed by atoms with E-state index in [2.05, 4.69) is 9.72 Å². The van der Waals surface area contributed by atoms with Gasteiger partial charge in [-0.2, -0.15) is 0 Å². The Kier molecular flexibility index (Phi) is 4.14. The standard InChI is InChI=1S/C7H4ClF3INO3S/c1-3-2-4(12)5(17(8,14)15)6(13-3)16-7(9,10)11/h2H,1H3. The van der Waals surface area contributed by atoms with Crippen LogP contribution in [0.4, 0.5) is 13.2 Å². The smallest absolute Gasteiger partial charge is 0.386 e. The normalized spacial score (nSPS) is 12.6. The lowest BCUT2D eigenvalue weighted by atomic mass is 10.4. The molecular formula is C7H4ClF3INO3S. The van der Waals surface area contributed by atoms with E-state index in [-0.39, 0.29) is 9.26 Å². The molecule has 0 bridgehead atoms. The van der Waals surface area contributed by atoms with Crippen LogP contribution in [0.2, 0.25) is 0 Å². The average Bonchev–Trinajstić information content (AvgIpc) is 1.94. The SMILES string of the molecule is Cc1cc(I)c(S(=O)(=O)Cl)c(OC(F)(F)F)n1. The molecule has 4 nitrogen and oxygen atoms in total. The highest BCUT2D eigenvalue weighted by Crippen LogP contribution is 2.33. The maximum atomic E-state index is 12.1. The van der Waals surface area contributed by atoms with E-state index in [4.69, 9.17) is 10.7 Å². The summed E-state index contributed by atoms with van der Waals surface area (Å²) in [6, 6.07) is 1.28. The maximum absolute atomic E-state index is 12.1. The second kappa shape index (κ2) is 4.76. The summed E-state index contributed by atoms with van der Waals surface area (Å²) in [6.45, 7) is 1.40. The van der Waals surface area contributed by atoms with Crippen molar-refractivity contribution in [3.8, 4) is 5.88 Å². The first-order valence-corrected chi connectivity index (χ1v) is 7.27. The minimum atomic E-state index is -5.04. The minimum Gasteiger partial charge on any atom is -0.386 e. The highest BCUT2D eigenvalue weighted by atomic mass is 127. The van der Waals surface area contributed by atoms with E-state index in [0.29, 0.717) is 0 Å². The molecule has 0 N–H and O–H groups in total. The van der Waals surface area contributed by atoms with Gasteiger partial charge in [-0.3, -0.25) is 0 Å². The molecule has 0 saturated carbocycles. The zero-order chi connectivity index (χ0) is 13.4. The molecule has 0 aliphatic heterocycles. The zero-order valence-corrected chi connectivity index (χ0v) is 11.8. The van der Waals surface area contributed by atoms with Crippen molar-refractivity contribution in [1.82, 2.24) is 4.98 Å². The third-order valence-electron chi connectivity index (χ3n) is 1.48. The van der Waals surface area contributed by atoms with Gasteiger partial charge in [-0.25, -0.2) is 13.4 Å². The van der Waals surface area contributed by atoms with E-state index < -0.39 is 26.2 Å². The van der Waals surface area contributed by atoms with Crippen molar-refractivity contribution in [3.63, 3.8) is 0 Å². The van der Waals surface area contributed by atoms with Gasteiger partial charge in [-0.15, -0.1) is 13.2 Å². The monoisotopic (exact) mass is 401 g/mol. The fraction of sp³-hybridized carbons (Fsp3) is 0.286. The lowest BCUT2D eigenvalue weighted by Crippen LogP contribution is -2.20. The molecule has 0 amide bonds. The Balaban J connectivity index is 3.47. The molecule has 1 aromatic heterocycles. The van der Waals surface area contributed by atoms with Gasteiger partial charge in [-0.05, 0) is 35.6 Å². The van der Waals surface area contributed by atoms with Crippen molar-refractivity contribution in [2.75, 3.05) is 0 Å². The number of aromatic nitrogens is 1. The van der Waals surface area contributed by atoms with Gasteiger partial charge in [0, 0.05) is 19.9 Å². The number of hydrogen-bond donors (Lipinski definition) is 0. The fourth-order valence-corrected chi connectivity index (χ4v) is 3.97. The van der Waals surface area contributed by atoms with Crippen LogP contribution in [-0.4, -0.2) is 19.8 Å². The maximum Gasteiger partial charge on any atom is 0.574 e. The van der Waals surface area contributed by atoms with Crippen LogP contribution in [0, 0.1) is 10.5 Å². The van der Waals surface area contributed by atoms with Gasteiger partial charge in [-0.1, -0.05) is 0 Å². The lowest BCUT2D eigenvalue weighted by molar-refractivity contribution is -0.277. The molecule has 0 fully saturated rings. The molecule has 1 rings (SSSR count). The summed E-state index contributed by atoms with van der Waals surface area (Å²) in [4.78, 5) is 2.59. The van der Waals surface area contributed by atoms with Gasteiger partial charge in [0.1, 0.15) is 0 Å². The second-order valence-corrected chi connectivity index (χ2v) is 6.53. The van der Waals surface area contributed by atoms with Gasteiger partial charge in [0.15, 0.2) is 4.90 Å². The number of nitrogens with zero attached hydrogens (tertiary/aromatic N) is 1. The van der Waals surface area contributed by atoms with Gasteiger partial charge >= 0.3 is 6.36 Å². The predicted molar refractivity (Wildman–Crippen MR) is 61.4 cm³/mol. The summed E-state index contributed by atoms with van der Waals surface area (Å²) < 4.78 is 62.0. The number of aryl methyl sites for hydroxylation is 1. The Labute approximate surface area is 113 Å². The topological polar surface area (TPSA) is 56.3 Å². The van der Waals surface area contributed by atoms with E-state index in [0.717, 1.165) is 0 Å². The Morgan fingerprint density at radius 3 is 2.41 bits per heavy atom.